The molecule has 2 aromatic rings. The van der Waals surface area contributed by atoms with Gasteiger partial charge in [0.2, 0.25) is 0 Å². The minimum Gasteiger partial charge on any atom is -0.385 e. The first-order chi connectivity index (χ1) is 8.86. The highest BCUT2D eigenvalue weighted by Gasteiger charge is 2.04. The molecule has 0 fully saturated rings. The first-order valence-corrected chi connectivity index (χ1v) is 6.86. The van der Waals surface area contributed by atoms with Crippen LogP contribution in [0.5, 0.6) is 0 Å². The summed E-state index contributed by atoms with van der Waals surface area (Å²) in [6, 6.07) is 12.9. The lowest BCUT2D eigenvalue weighted by Gasteiger charge is -2.13. The van der Waals surface area contributed by atoms with Gasteiger partial charge in [-0.2, -0.15) is 0 Å². The quantitative estimate of drug-likeness (QED) is 0.780. The monoisotopic (exact) mass is 242 g/mol. The van der Waals surface area contributed by atoms with E-state index in [1.54, 1.807) is 0 Å². The number of hydrogen-bond acceptors (Lipinski definition) is 2. The Morgan fingerprint density at radius 3 is 1.56 bits per heavy atom. The molecule has 0 radical (unpaired) electrons. The third-order valence-corrected chi connectivity index (χ3v) is 3.05. The van der Waals surface area contributed by atoms with E-state index in [1.807, 2.05) is 0 Å². The number of rotatable bonds is 6. The van der Waals surface area contributed by atoms with Crippen molar-refractivity contribution in [1.82, 2.24) is 0 Å². The number of fused-ring (bicyclic) bond motifs is 1. The molecular weight excluding hydrogens is 220 g/mol. The number of benzene rings is 2. The van der Waals surface area contributed by atoms with Crippen LogP contribution in [0.15, 0.2) is 36.4 Å². The van der Waals surface area contributed by atoms with Crippen molar-refractivity contribution in [2.75, 3.05) is 23.7 Å². The fraction of sp³-hybridized carbons (Fsp3) is 0.375. The van der Waals surface area contributed by atoms with Gasteiger partial charge in [0.1, 0.15) is 0 Å². The van der Waals surface area contributed by atoms with Crippen molar-refractivity contribution in [2.24, 2.45) is 0 Å². The van der Waals surface area contributed by atoms with E-state index < -0.39 is 0 Å². The number of anilines is 2. The Labute approximate surface area is 109 Å². The van der Waals surface area contributed by atoms with Gasteiger partial charge in [-0.3, -0.25) is 0 Å². The maximum atomic E-state index is 3.49. The highest BCUT2D eigenvalue weighted by Crippen LogP contribution is 2.29. The fourth-order valence-electron chi connectivity index (χ4n) is 2.13. The normalized spacial score (nSPS) is 10.6. The van der Waals surface area contributed by atoms with Crippen molar-refractivity contribution in [3.05, 3.63) is 36.4 Å². The molecule has 2 N–H and O–H groups in total. The molecule has 0 aliphatic carbocycles. The molecule has 0 saturated heterocycles. The smallest absolute Gasteiger partial charge is 0.0421 e. The van der Waals surface area contributed by atoms with Crippen molar-refractivity contribution in [3.8, 4) is 0 Å². The largest absolute Gasteiger partial charge is 0.385 e. The summed E-state index contributed by atoms with van der Waals surface area (Å²) in [5, 5.41) is 9.58. The van der Waals surface area contributed by atoms with Crippen LogP contribution in [-0.4, -0.2) is 13.1 Å². The third-order valence-electron chi connectivity index (χ3n) is 3.05. The predicted molar refractivity (Wildman–Crippen MR) is 81.5 cm³/mol. The van der Waals surface area contributed by atoms with Crippen LogP contribution in [0.3, 0.4) is 0 Å². The molecule has 0 unspecified atom stereocenters. The van der Waals surface area contributed by atoms with Crippen LogP contribution in [0.4, 0.5) is 11.4 Å². The summed E-state index contributed by atoms with van der Waals surface area (Å²) in [6.07, 6.45) is 2.29. The van der Waals surface area contributed by atoms with Crippen LogP contribution < -0.4 is 10.6 Å². The van der Waals surface area contributed by atoms with Gasteiger partial charge in [-0.05, 0) is 25.0 Å². The van der Waals surface area contributed by atoms with Crippen LogP contribution in [0.25, 0.3) is 10.8 Å². The standard InChI is InChI=1S/C16H22N2/c1-3-11-17-15-9-10-16(18-12-4-2)14-8-6-5-7-13(14)15/h5-10,17-18H,3-4,11-12H2,1-2H3. The van der Waals surface area contributed by atoms with Gasteiger partial charge in [0.05, 0.1) is 0 Å². The lowest BCUT2D eigenvalue weighted by molar-refractivity contribution is 0.978. The Balaban J connectivity index is 2.38. The molecule has 0 atom stereocenters. The number of hydrogen-bond donors (Lipinski definition) is 2. The topological polar surface area (TPSA) is 24.1 Å². The summed E-state index contributed by atoms with van der Waals surface area (Å²) in [5.41, 5.74) is 2.46. The molecule has 18 heavy (non-hydrogen) atoms. The van der Waals surface area contributed by atoms with E-state index in [1.165, 1.54) is 22.1 Å². The molecule has 0 aliphatic rings. The minimum atomic E-state index is 1.02. The zero-order chi connectivity index (χ0) is 12.8. The maximum Gasteiger partial charge on any atom is 0.0421 e. The molecule has 0 heterocycles. The second kappa shape index (κ2) is 6.29. The second-order valence-corrected chi connectivity index (χ2v) is 4.56. The Morgan fingerprint density at radius 1 is 0.722 bits per heavy atom. The SMILES string of the molecule is CCCNc1ccc(NCCC)c2ccccc12. The summed E-state index contributed by atoms with van der Waals surface area (Å²) in [7, 11) is 0. The summed E-state index contributed by atoms with van der Waals surface area (Å²) in [4.78, 5) is 0. The molecule has 2 nitrogen and oxygen atoms in total. The molecule has 0 bridgehead atoms. The third kappa shape index (κ3) is 2.76. The Morgan fingerprint density at radius 2 is 1.17 bits per heavy atom. The van der Waals surface area contributed by atoms with Crippen LogP contribution in [0.2, 0.25) is 0 Å². The average Bonchev–Trinajstić information content (AvgIpc) is 2.43. The van der Waals surface area contributed by atoms with Crippen LogP contribution in [0.1, 0.15) is 26.7 Å². The molecule has 0 aliphatic heterocycles. The van der Waals surface area contributed by atoms with E-state index in [-0.39, 0.29) is 0 Å². The summed E-state index contributed by atoms with van der Waals surface area (Å²) in [5.74, 6) is 0. The van der Waals surface area contributed by atoms with Crippen LogP contribution in [-0.2, 0) is 0 Å². The molecule has 0 aromatic heterocycles. The van der Waals surface area contributed by atoms with Crippen LogP contribution in [0, 0.1) is 0 Å². The molecule has 96 valence electrons. The molecule has 0 amide bonds. The zero-order valence-electron chi connectivity index (χ0n) is 11.3. The van der Waals surface area contributed by atoms with Crippen molar-refractivity contribution in [3.63, 3.8) is 0 Å². The van der Waals surface area contributed by atoms with Crippen molar-refractivity contribution in [2.45, 2.75) is 26.7 Å². The zero-order valence-corrected chi connectivity index (χ0v) is 11.3. The Kier molecular flexibility index (Phi) is 4.46. The molecular formula is C16H22N2. The van der Waals surface area contributed by atoms with Crippen molar-refractivity contribution in [1.29, 1.82) is 0 Å². The highest BCUT2D eigenvalue weighted by atomic mass is 14.9. The lowest BCUT2D eigenvalue weighted by Crippen LogP contribution is -2.03. The van der Waals surface area contributed by atoms with E-state index in [9.17, 15) is 0 Å². The van der Waals surface area contributed by atoms with Gasteiger partial charge in [-0.25, -0.2) is 0 Å². The van der Waals surface area contributed by atoms with Gasteiger partial charge < -0.3 is 10.6 Å². The van der Waals surface area contributed by atoms with Gasteiger partial charge in [0.15, 0.2) is 0 Å². The van der Waals surface area contributed by atoms with E-state index in [0.717, 1.165) is 25.9 Å². The van der Waals surface area contributed by atoms with E-state index in [2.05, 4.69) is 60.9 Å². The minimum absolute atomic E-state index is 1.02. The number of nitrogens with one attached hydrogen (secondary N) is 2. The molecule has 0 spiro atoms. The van der Waals surface area contributed by atoms with Crippen molar-refractivity contribution < 1.29 is 0 Å². The van der Waals surface area contributed by atoms with Gasteiger partial charge in [0, 0.05) is 35.2 Å². The first kappa shape index (κ1) is 12.7. The maximum absolute atomic E-state index is 3.49. The van der Waals surface area contributed by atoms with Gasteiger partial charge in [-0.15, -0.1) is 0 Å². The second-order valence-electron chi connectivity index (χ2n) is 4.56. The van der Waals surface area contributed by atoms with E-state index in [4.69, 9.17) is 0 Å². The van der Waals surface area contributed by atoms with Crippen LogP contribution >= 0.6 is 0 Å². The first-order valence-electron chi connectivity index (χ1n) is 6.86. The molecule has 2 heteroatoms. The summed E-state index contributed by atoms with van der Waals surface area (Å²) >= 11 is 0. The van der Waals surface area contributed by atoms with Gasteiger partial charge >= 0.3 is 0 Å². The summed E-state index contributed by atoms with van der Waals surface area (Å²) in [6.45, 7) is 6.41. The predicted octanol–water partition coefficient (Wildman–Crippen LogP) is 4.48. The lowest BCUT2D eigenvalue weighted by atomic mass is 10.1. The highest BCUT2D eigenvalue weighted by molar-refractivity contribution is 6.01. The average molecular weight is 242 g/mol. The van der Waals surface area contributed by atoms with E-state index in [0.29, 0.717) is 0 Å². The Hall–Kier alpha value is -1.70. The van der Waals surface area contributed by atoms with Gasteiger partial charge in [0.25, 0.3) is 0 Å². The molecule has 0 saturated carbocycles. The Bertz CT molecular complexity index is 459. The molecule has 2 aromatic carbocycles. The summed E-state index contributed by atoms with van der Waals surface area (Å²) < 4.78 is 0. The van der Waals surface area contributed by atoms with Gasteiger partial charge in [-0.1, -0.05) is 38.1 Å². The van der Waals surface area contributed by atoms with Crippen molar-refractivity contribution >= 4 is 22.1 Å². The molecule has 2 rings (SSSR count). The fourth-order valence-corrected chi connectivity index (χ4v) is 2.13. The van der Waals surface area contributed by atoms with E-state index >= 15 is 0 Å².